The molecule has 0 radical (unpaired) electrons. The Morgan fingerprint density at radius 3 is 3.10 bits per heavy atom. The third-order valence-corrected chi connectivity index (χ3v) is 3.67. The molecule has 104 valence electrons. The molecule has 0 aliphatic rings. The minimum absolute atomic E-state index is 0.487. The van der Waals surface area contributed by atoms with E-state index in [1.165, 1.54) is 0 Å². The number of aryl methyl sites for hydroxylation is 1. The van der Waals surface area contributed by atoms with Crippen molar-refractivity contribution in [3.8, 4) is 0 Å². The molecule has 1 aromatic carbocycles. The van der Waals surface area contributed by atoms with Gasteiger partial charge >= 0.3 is 0 Å². The van der Waals surface area contributed by atoms with Crippen molar-refractivity contribution in [1.82, 2.24) is 25.0 Å². The Morgan fingerprint density at radius 1 is 1.29 bits per heavy atom. The van der Waals surface area contributed by atoms with Gasteiger partial charge in [-0.25, -0.2) is 0 Å². The van der Waals surface area contributed by atoms with Gasteiger partial charge in [0.15, 0.2) is 11.0 Å². The van der Waals surface area contributed by atoms with Gasteiger partial charge in [0.05, 0.1) is 11.0 Å². The first kappa shape index (κ1) is 12.2. The molecular weight excluding hydrogens is 288 g/mol. The van der Waals surface area contributed by atoms with Gasteiger partial charge in [-0.2, -0.15) is 10.2 Å². The lowest BCUT2D eigenvalue weighted by Crippen LogP contribution is -1.92. The molecule has 3 aromatic heterocycles. The number of pyridine rings is 1. The first-order chi connectivity index (χ1) is 10.2. The average Bonchev–Trinajstić information content (AvgIpc) is 3.02. The van der Waals surface area contributed by atoms with Crippen LogP contribution in [0.4, 0.5) is 11.5 Å². The molecule has 0 atom stereocenters. The van der Waals surface area contributed by atoms with Gasteiger partial charge in [0.2, 0.25) is 0 Å². The van der Waals surface area contributed by atoms with Crippen molar-refractivity contribution in [3.05, 3.63) is 41.7 Å². The quantitative estimate of drug-likeness (QED) is 0.596. The highest BCUT2D eigenvalue weighted by Gasteiger charge is 2.10. The number of H-pyrrole nitrogens is 1. The number of rotatable bonds is 2. The molecule has 21 heavy (non-hydrogen) atoms. The molecular formula is C14H11ClN6. The van der Waals surface area contributed by atoms with Crippen LogP contribution in [-0.2, 0) is 7.05 Å². The van der Waals surface area contributed by atoms with Crippen molar-refractivity contribution in [2.75, 3.05) is 5.32 Å². The van der Waals surface area contributed by atoms with Crippen LogP contribution in [0.25, 0.3) is 21.9 Å². The first-order valence-electron chi connectivity index (χ1n) is 6.41. The van der Waals surface area contributed by atoms with E-state index in [0.717, 1.165) is 27.6 Å². The number of hydrogen-bond acceptors (Lipinski definition) is 4. The van der Waals surface area contributed by atoms with Crippen LogP contribution >= 0.6 is 11.6 Å². The van der Waals surface area contributed by atoms with Crippen LogP contribution < -0.4 is 5.32 Å². The van der Waals surface area contributed by atoms with E-state index in [4.69, 9.17) is 11.6 Å². The molecule has 0 aliphatic heterocycles. The summed E-state index contributed by atoms with van der Waals surface area (Å²) in [7, 11) is 1.87. The van der Waals surface area contributed by atoms with Gasteiger partial charge < -0.3 is 5.32 Å². The van der Waals surface area contributed by atoms with Gasteiger partial charge in [0.1, 0.15) is 5.52 Å². The van der Waals surface area contributed by atoms with Gasteiger partial charge in [-0.1, -0.05) is 11.6 Å². The molecule has 0 saturated heterocycles. The standard InChI is InChI=1S/C14H11ClN6/c1-21-11-5-4-8(7-9(11)13(15)20-21)17-14-12-10(18-19-14)3-2-6-16-12/h2-7H,1H3,(H2,17,18,19). The van der Waals surface area contributed by atoms with Crippen molar-refractivity contribution < 1.29 is 0 Å². The van der Waals surface area contributed by atoms with Crippen LogP contribution in [-0.4, -0.2) is 25.0 Å². The second kappa shape index (κ2) is 4.46. The lowest BCUT2D eigenvalue weighted by atomic mass is 10.2. The summed E-state index contributed by atoms with van der Waals surface area (Å²) in [5.41, 5.74) is 3.56. The number of nitrogens with zero attached hydrogens (tertiary/aromatic N) is 4. The topological polar surface area (TPSA) is 71.4 Å². The van der Waals surface area contributed by atoms with Gasteiger partial charge in [0.25, 0.3) is 0 Å². The zero-order chi connectivity index (χ0) is 14.4. The van der Waals surface area contributed by atoms with Crippen LogP contribution in [0.3, 0.4) is 0 Å². The highest BCUT2D eigenvalue weighted by Crippen LogP contribution is 2.28. The Balaban J connectivity index is 1.78. The summed E-state index contributed by atoms with van der Waals surface area (Å²) in [4.78, 5) is 4.32. The zero-order valence-electron chi connectivity index (χ0n) is 11.1. The second-order valence-corrected chi connectivity index (χ2v) is 5.10. The third-order valence-electron chi connectivity index (χ3n) is 3.39. The monoisotopic (exact) mass is 298 g/mol. The maximum absolute atomic E-state index is 6.13. The Morgan fingerprint density at radius 2 is 2.19 bits per heavy atom. The Labute approximate surface area is 124 Å². The number of nitrogens with one attached hydrogen (secondary N) is 2. The largest absolute Gasteiger partial charge is 0.337 e. The van der Waals surface area contributed by atoms with E-state index in [2.05, 4.69) is 25.6 Å². The molecule has 0 spiro atoms. The third kappa shape index (κ3) is 1.92. The van der Waals surface area contributed by atoms with Crippen LogP contribution in [0.1, 0.15) is 0 Å². The van der Waals surface area contributed by atoms with Crippen molar-refractivity contribution in [3.63, 3.8) is 0 Å². The molecule has 4 aromatic rings. The van der Waals surface area contributed by atoms with E-state index in [1.54, 1.807) is 10.9 Å². The average molecular weight is 299 g/mol. The smallest absolute Gasteiger partial charge is 0.178 e. The highest BCUT2D eigenvalue weighted by molar-refractivity contribution is 6.34. The van der Waals surface area contributed by atoms with E-state index in [9.17, 15) is 0 Å². The summed E-state index contributed by atoms with van der Waals surface area (Å²) in [5, 5.41) is 16.0. The summed E-state index contributed by atoms with van der Waals surface area (Å²) < 4.78 is 1.76. The maximum atomic E-state index is 6.13. The summed E-state index contributed by atoms with van der Waals surface area (Å²) in [6.45, 7) is 0. The molecule has 0 fully saturated rings. The molecule has 7 heteroatoms. The highest BCUT2D eigenvalue weighted by atomic mass is 35.5. The van der Waals surface area contributed by atoms with E-state index in [-0.39, 0.29) is 0 Å². The number of aromatic nitrogens is 5. The fourth-order valence-corrected chi connectivity index (χ4v) is 2.64. The Hall–Kier alpha value is -2.60. The summed E-state index contributed by atoms with van der Waals surface area (Å²) in [6, 6.07) is 9.68. The number of aromatic amines is 1. The number of hydrogen-bond donors (Lipinski definition) is 2. The van der Waals surface area contributed by atoms with E-state index < -0.39 is 0 Å². The zero-order valence-corrected chi connectivity index (χ0v) is 11.9. The minimum atomic E-state index is 0.487. The molecule has 0 aliphatic carbocycles. The van der Waals surface area contributed by atoms with Crippen molar-refractivity contribution >= 4 is 45.0 Å². The number of benzene rings is 1. The van der Waals surface area contributed by atoms with E-state index in [0.29, 0.717) is 11.0 Å². The SMILES string of the molecule is Cn1nc(Cl)c2cc(Nc3n[nH]c4cccnc34)ccc21. The van der Waals surface area contributed by atoms with Crippen molar-refractivity contribution in [1.29, 1.82) is 0 Å². The minimum Gasteiger partial charge on any atom is -0.337 e. The fourth-order valence-electron chi connectivity index (χ4n) is 2.38. The number of halogens is 1. The normalized spacial score (nSPS) is 11.3. The predicted molar refractivity (Wildman–Crippen MR) is 82.9 cm³/mol. The summed E-state index contributed by atoms with van der Waals surface area (Å²) >= 11 is 6.13. The lowest BCUT2D eigenvalue weighted by molar-refractivity contribution is 0.797. The van der Waals surface area contributed by atoms with E-state index >= 15 is 0 Å². The molecule has 6 nitrogen and oxygen atoms in total. The molecule has 0 unspecified atom stereocenters. The van der Waals surface area contributed by atoms with Gasteiger partial charge in [-0.15, -0.1) is 0 Å². The van der Waals surface area contributed by atoms with Gasteiger partial charge in [-0.3, -0.25) is 14.8 Å². The summed E-state index contributed by atoms with van der Waals surface area (Å²) in [5.74, 6) is 0.685. The van der Waals surface area contributed by atoms with Crippen molar-refractivity contribution in [2.24, 2.45) is 7.05 Å². The molecule has 0 saturated carbocycles. The summed E-state index contributed by atoms with van der Waals surface area (Å²) in [6.07, 6.45) is 1.74. The van der Waals surface area contributed by atoms with Crippen LogP contribution in [0.5, 0.6) is 0 Å². The Kier molecular flexibility index (Phi) is 2.58. The fraction of sp³-hybridized carbons (Fsp3) is 0.0714. The Bertz CT molecular complexity index is 955. The molecule has 3 heterocycles. The molecule has 2 N–H and O–H groups in total. The maximum Gasteiger partial charge on any atom is 0.178 e. The van der Waals surface area contributed by atoms with Crippen molar-refractivity contribution in [2.45, 2.75) is 0 Å². The van der Waals surface area contributed by atoms with Crippen LogP contribution in [0.15, 0.2) is 36.5 Å². The molecule has 0 amide bonds. The molecule has 4 rings (SSSR count). The first-order valence-corrected chi connectivity index (χ1v) is 6.78. The van der Waals surface area contributed by atoms with Crippen LogP contribution in [0.2, 0.25) is 5.15 Å². The van der Waals surface area contributed by atoms with Crippen LogP contribution in [0, 0.1) is 0 Å². The second-order valence-electron chi connectivity index (χ2n) is 4.74. The number of fused-ring (bicyclic) bond motifs is 2. The lowest BCUT2D eigenvalue weighted by Gasteiger charge is -2.03. The number of anilines is 2. The van der Waals surface area contributed by atoms with Gasteiger partial charge in [-0.05, 0) is 30.3 Å². The predicted octanol–water partition coefficient (Wildman–Crippen LogP) is 3.24. The molecule has 0 bridgehead atoms. The van der Waals surface area contributed by atoms with E-state index in [1.807, 2.05) is 37.4 Å². The van der Waals surface area contributed by atoms with Gasteiger partial charge in [0, 0.05) is 24.3 Å².